The van der Waals surface area contributed by atoms with Gasteiger partial charge in [-0.25, -0.2) is 0 Å². The quantitative estimate of drug-likeness (QED) is 0.469. The van der Waals surface area contributed by atoms with Crippen LogP contribution in [0.3, 0.4) is 0 Å². The second-order valence-electron chi connectivity index (χ2n) is 1.60. The number of methoxy groups -OCH3 is 1. The molecule has 0 saturated heterocycles. The van der Waals surface area contributed by atoms with Crippen LogP contribution >= 0.6 is 0 Å². The maximum atomic E-state index is 10.5. The zero-order chi connectivity index (χ0) is 6.69. The summed E-state index contributed by atoms with van der Waals surface area (Å²) >= 11 is 0. The zero-order valence-corrected chi connectivity index (χ0v) is 4.96. The van der Waals surface area contributed by atoms with E-state index in [1.54, 1.807) is 0 Å². The predicted molar refractivity (Wildman–Crippen MR) is 29.2 cm³/mol. The highest BCUT2D eigenvalue weighted by molar-refractivity contribution is 5.91. The van der Waals surface area contributed by atoms with Gasteiger partial charge in [0.2, 0.25) is 0 Å². The van der Waals surface area contributed by atoms with Crippen LogP contribution in [0.4, 0.5) is 0 Å². The fourth-order valence-electron chi connectivity index (χ4n) is 0.514. The summed E-state index contributed by atoms with van der Waals surface area (Å²) < 4.78 is 9.26. The molecule has 9 heavy (non-hydrogen) atoms. The third-order valence-corrected chi connectivity index (χ3v) is 0.944. The minimum absolute atomic E-state index is 0.245. The number of ether oxygens (including phenoxy) is 2. The molecule has 0 fully saturated rings. The third-order valence-electron chi connectivity index (χ3n) is 0.944. The standard InChI is InChI=1S/C5H6NO3/c1-8-2-4-5(7)6-3-9-4/h4H,2H2,1H3/q-1/t4-/m1/s1. The van der Waals surface area contributed by atoms with Crippen LogP contribution in [0.2, 0.25) is 0 Å². The molecule has 1 heterocycles. The van der Waals surface area contributed by atoms with Crippen molar-refractivity contribution >= 4 is 12.3 Å². The minimum Gasteiger partial charge on any atom is -0.575 e. The topological polar surface area (TPSA) is 47.9 Å². The summed E-state index contributed by atoms with van der Waals surface area (Å²) in [6, 6.07) is 0. The summed E-state index contributed by atoms with van der Waals surface area (Å²) in [5.41, 5.74) is 0. The lowest BCUT2D eigenvalue weighted by molar-refractivity contribution is -0.124. The molecular weight excluding hydrogens is 122 g/mol. The van der Waals surface area contributed by atoms with Crippen molar-refractivity contribution in [2.24, 2.45) is 4.99 Å². The molecule has 0 spiro atoms. The van der Waals surface area contributed by atoms with Crippen molar-refractivity contribution in [3.8, 4) is 0 Å². The molecule has 0 bridgehead atoms. The average molecular weight is 128 g/mol. The number of carbonyl (C=O) groups is 1. The Bertz CT molecular complexity index is 143. The molecule has 1 atom stereocenters. The molecule has 0 N–H and O–H groups in total. The number of amides is 1. The second-order valence-corrected chi connectivity index (χ2v) is 1.60. The van der Waals surface area contributed by atoms with Gasteiger partial charge in [-0.15, -0.1) is 0 Å². The van der Waals surface area contributed by atoms with E-state index in [-0.39, 0.29) is 12.5 Å². The Hall–Kier alpha value is -0.900. The Morgan fingerprint density at radius 1 is 2.00 bits per heavy atom. The normalized spacial score (nSPS) is 24.6. The largest absolute Gasteiger partial charge is 0.575 e. The Balaban J connectivity index is 2.37. The molecule has 50 valence electrons. The summed E-state index contributed by atoms with van der Waals surface area (Å²) in [5, 5.41) is 0. The van der Waals surface area contributed by atoms with E-state index in [4.69, 9.17) is 0 Å². The van der Waals surface area contributed by atoms with Crippen LogP contribution in [0, 0.1) is 0 Å². The highest BCUT2D eigenvalue weighted by atomic mass is 16.5. The zero-order valence-electron chi connectivity index (χ0n) is 4.96. The van der Waals surface area contributed by atoms with Gasteiger partial charge in [-0.2, -0.15) is 0 Å². The molecule has 1 amide bonds. The first kappa shape index (κ1) is 6.22. The monoisotopic (exact) mass is 128 g/mol. The molecule has 0 aromatic carbocycles. The highest BCUT2D eigenvalue weighted by Gasteiger charge is 2.11. The van der Waals surface area contributed by atoms with Gasteiger partial charge in [-0.05, 0) is 0 Å². The molecule has 0 aromatic heterocycles. The van der Waals surface area contributed by atoms with Gasteiger partial charge in [0, 0.05) is 13.5 Å². The van der Waals surface area contributed by atoms with Crippen molar-refractivity contribution in [2.45, 2.75) is 6.10 Å². The number of hydrogen-bond donors (Lipinski definition) is 0. The van der Waals surface area contributed by atoms with E-state index in [1.165, 1.54) is 7.11 Å². The summed E-state index contributed by atoms with van der Waals surface area (Å²) in [5.74, 6) is -0.322. The minimum atomic E-state index is -0.560. The smallest absolute Gasteiger partial charge is 0.130 e. The average Bonchev–Trinajstić information content (AvgIpc) is 2.18. The van der Waals surface area contributed by atoms with Crippen LogP contribution in [-0.4, -0.2) is 32.1 Å². The summed E-state index contributed by atoms with van der Waals surface area (Å²) in [6.07, 6.45) is 1.54. The molecule has 1 rings (SSSR count). The number of rotatable bonds is 2. The molecule has 0 radical (unpaired) electrons. The molecule has 4 heteroatoms. The molecule has 1 aliphatic heterocycles. The van der Waals surface area contributed by atoms with E-state index in [0.717, 1.165) is 0 Å². The van der Waals surface area contributed by atoms with Crippen LogP contribution in [0.1, 0.15) is 0 Å². The Kier molecular flexibility index (Phi) is 1.79. The summed E-state index contributed by atoms with van der Waals surface area (Å²) in [4.78, 5) is 13.8. The van der Waals surface area contributed by atoms with Crippen molar-refractivity contribution in [3.05, 3.63) is 0 Å². The first-order valence-corrected chi connectivity index (χ1v) is 2.49. The van der Waals surface area contributed by atoms with Crippen molar-refractivity contribution in [3.63, 3.8) is 0 Å². The fourth-order valence-corrected chi connectivity index (χ4v) is 0.514. The van der Waals surface area contributed by atoms with Crippen molar-refractivity contribution in [1.82, 2.24) is 0 Å². The van der Waals surface area contributed by atoms with Crippen LogP contribution in [0.15, 0.2) is 4.99 Å². The van der Waals surface area contributed by atoms with Gasteiger partial charge in [-0.1, -0.05) is 0 Å². The predicted octanol–water partition coefficient (Wildman–Crippen LogP) is -0.536. The third kappa shape index (κ3) is 1.26. The van der Waals surface area contributed by atoms with Gasteiger partial charge in [0.05, 0.1) is 6.61 Å². The molecule has 0 saturated carbocycles. The Morgan fingerprint density at radius 3 is 3.22 bits per heavy atom. The van der Waals surface area contributed by atoms with Gasteiger partial charge in [0.25, 0.3) is 0 Å². The molecule has 1 aliphatic rings. The number of aliphatic imine (C=N–C) groups is 1. The van der Waals surface area contributed by atoms with E-state index in [1.807, 2.05) is 0 Å². The van der Waals surface area contributed by atoms with Crippen LogP contribution in [0.25, 0.3) is 0 Å². The maximum Gasteiger partial charge on any atom is 0.130 e. The Morgan fingerprint density at radius 2 is 2.78 bits per heavy atom. The lowest BCUT2D eigenvalue weighted by Gasteiger charge is -2.11. The van der Waals surface area contributed by atoms with Gasteiger partial charge in [-0.3, -0.25) is 0 Å². The number of hydrogen-bond acceptors (Lipinski definition) is 3. The highest BCUT2D eigenvalue weighted by Crippen LogP contribution is 2.00. The van der Waals surface area contributed by atoms with Crippen molar-refractivity contribution in [2.75, 3.05) is 13.7 Å². The van der Waals surface area contributed by atoms with E-state index in [0.29, 0.717) is 0 Å². The van der Waals surface area contributed by atoms with Crippen LogP contribution in [0.5, 0.6) is 0 Å². The lowest BCUT2D eigenvalue weighted by atomic mass is 10.4. The van der Waals surface area contributed by atoms with Crippen LogP contribution < -0.4 is 0 Å². The van der Waals surface area contributed by atoms with Crippen LogP contribution in [-0.2, 0) is 14.3 Å². The summed E-state index contributed by atoms with van der Waals surface area (Å²) in [7, 11) is 1.50. The van der Waals surface area contributed by atoms with Crippen molar-refractivity contribution < 1.29 is 14.3 Å². The molecule has 4 nitrogen and oxygen atoms in total. The van der Waals surface area contributed by atoms with Gasteiger partial charge in [0.1, 0.15) is 12.0 Å². The van der Waals surface area contributed by atoms with E-state index < -0.39 is 6.10 Å². The van der Waals surface area contributed by atoms with E-state index in [2.05, 4.69) is 20.9 Å². The number of nitrogens with zero attached hydrogens (tertiary/aromatic N) is 1. The van der Waals surface area contributed by atoms with Gasteiger partial charge in [0.15, 0.2) is 0 Å². The van der Waals surface area contributed by atoms with Crippen molar-refractivity contribution in [1.29, 1.82) is 0 Å². The SMILES string of the molecule is COC[C@H]1O[C-]=NC1=O. The van der Waals surface area contributed by atoms with E-state index >= 15 is 0 Å². The molecule has 0 aliphatic carbocycles. The van der Waals surface area contributed by atoms with E-state index in [9.17, 15) is 4.79 Å². The maximum absolute atomic E-state index is 10.5. The molecular formula is C5H6NO3-. The molecule has 0 aromatic rings. The van der Waals surface area contributed by atoms with Gasteiger partial charge >= 0.3 is 0 Å². The van der Waals surface area contributed by atoms with Gasteiger partial charge < -0.3 is 19.3 Å². The lowest BCUT2D eigenvalue weighted by Crippen LogP contribution is -2.21. The second kappa shape index (κ2) is 2.59. The molecule has 0 unspecified atom stereocenters. The first-order valence-electron chi connectivity index (χ1n) is 2.49. The summed E-state index contributed by atoms with van der Waals surface area (Å²) in [6.45, 7) is 0.245. The fraction of sp³-hybridized carbons (Fsp3) is 0.600. The Labute approximate surface area is 52.5 Å². The first-order chi connectivity index (χ1) is 4.34. The number of carbonyl (C=O) groups excluding carboxylic acids is 1.